The van der Waals surface area contributed by atoms with Gasteiger partial charge < -0.3 is 14.8 Å². The first-order chi connectivity index (χ1) is 13.9. The summed E-state index contributed by atoms with van der Waals surface area (Å²) in [4.78, 5) is 12.6. The number of ether oxygens (including phenoxy) is 2. The standard InChI is InChI=1S/C24H24BrNO3/c1-16-12-20(25)13-17(2)23(16)29-18(3)24(27)26-21-10-7-11-22(14-21)28-15-19-8-5-4-6-9-19/h4-14,18H,15H2,1-3H3,(H,26,27). The Labute approximate surface area is 180 Å². The summed E-state index contributed by atoms with van der Waals surface area (Å²) in [7, 11) is 0. The Kier molecular flexibility index (Phi) is 6.94. The topological polar surface area (TPSA) is 47.6 Å². The number of hydrogen-bond donors (Lipinski definition) is 1. The summed E-state index contributed by atoms with van der Waals surface area (Å²) < 4.78 is 12.8. The normalized spacial score (nSPS) is 11.6. The Bertz CT molecular complexity index is 965. The van der Waals surface area contributed by atoms with Crippen molar-refractivity contribution in [3.8, 4) is 11.5 Å². The molecule has 150 valence electrons. The Morgan fingerprint density at radius 1 is 1.00 bits per heavy atom. The molecule has 0 aliphatic heterocycles. The van der Waals surface area contributed by atoms with Crippen LogP contribution in [0.4, 0.5) is 5.69 Å². The van der Waals surface area contributed by atoms with E-state index >= 15 is 0 Å². The Balaban J connectivity index is 1.61. The summed E-state index contributed by atoms with van der Waals surface area (Å²) in [6.45, 7) is 6.14. The molecule has 1 amide bonds. The molecule has 0 aliphatic rings. The number of halogens is 1. The van der Waals surface area contributed by atoms with Crippen LogP contribution < -0.4 is 14.8 Å². The van der Waals surface area contributed by atoms with E-state index in [1.54, 1.807) is 6.92 Å². The first-order valence-electron chi connectivity index (χ1n) is 9.43. The molecule has 0 aromatic heterocycles. The minimum Gasteiger partial charge on any atom is -0.489 e. The van der Waals surface area contributed by atoms with Crippen molar-refractivity contribution in [2.75, 3.05) is 5.32 Å². The predicted octanol–water partition coefficient (Wildman–Crippen LogP) is 6.05. The van der Waals surface area contributed by atoms with Crippen LogP contribution in [0, 0.1) is 13.8 Å². The number of carbonyl (C=O) groups is 1. The van der Waals surface area contributed by atoms with E-state index in [1.807, 2.05) is 80.6 Å². The van der Waals surface area contributed by atoms with Gasteiger partial charge in [0.05, 0.1) is 0 Å². The second kappa shape index (κ2) is 9.61. The highest BCUT2D eigenvalue weighted by atomic mass is 79.9. The van der Waals surface area contributed by atoms with Gasteiger partial charge in [0.2, 0.25) is 0 Å². The summed E-state index contributed by atoms with van der Waals surface area (Å²) in [5.41, 5.74) is 3.71. The summed E-state index contributed by atoms with van der Waals surface area (Å²) in [6.07, 6.45) is -0.637. The van der Waals surface area contributed by atoms with Crippen LogP contribution in [0.1, 0.15) is 23.6 Å². The van der Waals surface area contributed by atoms with Crippen molar-refractivity contribution in [3.05, 3.63) is 87.9 Å². The Hall–Kier alpha value is -2.79. The number of aryl methyl sites for hydroxylation is 2. The molecule has 0 heterocycles. The fourth-order valence-electron chi connectivity index (χ4n) is 2.96. The minimum atomic E-state index is -0.637. The zero-order chi connectivity index (χ0) is 20.8. The molecule has 0 bridgehead atoms. The van der Waals surface area contributed by atoms with Crippen molar-refractivity contribution in [1.82, 2.24) is 0 Å². The number of benzene rings is 3. The molecule has 0 spiro atoms. The van der Waals surface area contributed by atoms with Crippen molar-refractivity contribution in [1.29, 1.82) is 0 Å². The van der Waals surface area contributed by atoms with Crippen LogP contribution in [0.5, 0.6) is 11.5 Å². The monoisotopic (exact) mass is 453 g/mol. The van der Waals surface area contributed by atoms with E-state index in [0.29, 0.717) is 18.0 Å². The molecule has 0 radical (unpaired) electrons. The van der Waals surface area contributed by atoms with E-state index in [0.717, 1.165) is 26.9 Å². The fraction of sp³-hybridized carbons (Fsp3) is 0.208. The molecule has 0 fully saturated rings. The molecule has 29 heavy (non-hydrogen) atoms. The van der Waals surface area contributed by atoms with Crippen LogP contribution in [0.3, 0.4) is 0 Å². The third kappa shape index (κ3) is 5.84. The van der Waals surface area contributed by atoms with E-state index in [-0.39, 0.29) is 5.91 Å². The van der Waals surface area contributed by atoms with E-state index in [4.69, 9.17) is 9.47 Å². The van der Waals surface area contributed by atoms with E-state index in [9.17, 15) is 4.79 Å². The zero-order valence-corrected chi connectivity index (χ0v) is 18.3. The minimum absolute atomic E-state index is 0.216. The number of carbonyl (C=O) groups excluding carboxylic acids is 1. The number of anilines is 1. The predicted molar refractivity (Wildman–Crippen MR) is 120 cm³/mol. The van der Waals surface area contributed by atoms with Crippen LogP contribution >= 0.6 is 15.9 Å². The van der Waals surface area contributed by atoms with Gasteiger partial charge in [0.15, 0.2) is 6.10 Å². The second-order valence-electron chi connectivity index (χ2n) is 6.92. The highest BCUT2D eigenvalue weighted by molar-refractivity contribution is 9.10. The first-order valence-corrected chi connectivity index (χ1v) is 10.2. The van der Waals surface area contributed by atoms with Gasteiger partial charge in [-0.3, -0.25) is 4.79 Å². The van der Waals surface area contributed by atoms with Crippen LogP contribution in [-0.2, 0) is 11.4 Å². The van der Waals surface area contributed by atoms with Gasteiger partial charge in [-0.2, -0.15) is 0 Å². The van der Waals surface area contributed by atoms with Crippen LogP contribution in [0.15, 0.2) is 71.2 Å². The zero-order valence-electron chi connectivity index (χ0n) is 16.7. The van der Waals surface area contributed by atoms with Gasteiger partial charge in [0.25, 0.3) is 5.91 Å². The van der Waals surface area contributed by atoms with Gasteiger partial charge in [0.1, 0.15) is 18.1 Å². The molecule has 1 N–H and O–H groups in total. The maximum absolute atomic E-state index is 12.6. The highest BCUT2D eigenvalue weighted by Gasteiger charge is 2.17. The first kappa shape index (κ1) is 20.9. The molecule has 5 heteroatoms. The van der Waals surface area contributed by atoms with E-state index < -0.39 is 6.10 Å². The lowest BCUT2D eigenvalue weighted by molar-refractivity contribution is -0.122. The third-order valence-corrected chi connectivity index (χ3v) is 4.90. The SMILES string of the molecule is Cc1cc(Br)cc(C)c1OC(C)C(=O)Nc1cccc(OCc2ccccc2)c1. The number of amides is 1. The van der Waals surface area contributed by atoms with Gasteiger partial charge in [-0.25, -0.2) is 0 Å². The maximum atomic E-state index is 12.6. The maximum Gasteiger partial charge on any atom is 0.265 e. The third-order valence-electron chi connectivity index (χ3n) is 4.44. The summed E-state index contributed by atoms with van der Waals surface area (Å²) in [5, 5.41) is 2.90. The molecule has 0 saturated carbocycles. The average Bonchev–Trinajstić information content (AvgIpc) is 2.70. The molecule has 0 saturated heterocycles. The van der Waals surface area contributed by atoms with Gasteiger partial charge in [-0.1, -0.05) is 52.3 Å². The van der Waals surface area contributed by atoms with Crippen molar-refractivity contribution in [3.63, 3.8) is 0 Å². The fourth-order valence-corrected chi connectivity index (χ4v) is 3.65. The molecule has 3 rings (SSSR count). The lowest BCUT2D eigenvalue weighted by Crippen LogP contribution is -2.30. The number of nitrogens with one attached hydrogen (secondary N) is 1. The number of rotatable bonds is 7. The summed E-state index contributed by atoms with van der Waals surface area (Å²) >= 11 is 3.47. The van der Waals surface area contributed by atoms with Crippen LogP contribution in [0.25, 0.3) is 0 Å². The summed E-state index contributed by atoms with van der Waals surface area (Å²) in [6, 6.07) is 21.3. The van der Waals surface area contributed by atoms with Crippen molar-refractivity contribution in [2.24, 2.45) is 0 Å². The lowest BCUT2D eigenvalue weighted by Gasteiger charge is -2.18. The molecular weight excluding hydrogens is 430 g/mol. The number of hydrogen-bond acceptors (Lipinski definition) is 3. The molecule has 3 aromatic rings. The van der Waals surface area contributed by atoms with Crippen molar-refractivity contribution < 1.29 is 14.3 Å². The van der Waals surface area contributed by atoms with Crippen LogP contribution in [-0.4, -0.2) is 12.0 Å². The van der Waals surface area contributed by atoms with Crippen molar-refractivity contribution in [2.45, 2.75) is 33.5 Å². The van der Waals surface area contributed by atoms with E-state index in [1.165, 1.54) is 0 Å². The smallest absolute Gasteiger partial charge is 0.265 e. The van der Waals surface area contributed by atoms with Gasteiger partial charge >= 0.3 is 0 Å². The van der Waals surface area contributed by atoms with Crippen LogP contribution in [0.2, 0.25) is 0 Å². The molecule has 4 nitrogen and oxygen atoms in total. The van der Waals surface area contributed by atoms with E-state index in [2.05, 4.69) is 21.2 Å². The van der Waals surface area contributed by atoms with Gasteiger partial charge in [-0.15, -0.1) is 0 Å². The average molecular weight is 454 g/mol. The molecular formula is C24H24BrNO3. The Morgan fingerprint density at radius 2 is 1.69 bits per heavy atom. The summed E-state index contributed by atoms with van der Waals surface area (Å²) in [5.74, 6) is 1.21. The van der Waals surface area contributed by atoms with Gasteiger partial charge in [0, 0.05) is 16.2 Å². The molecule has 1 unspecified atom stereocenters. The highest BCUT2D eigenvalue weighted by Crippen LogP contribution is 2.28. The quantitative estimate of drug-likeness (QED) is 0.473. The largest absolute Gasteiger partial charge is 0.489 e. The lowest BCUT2D eigenvalue weighted by atomic mass is 10.1. The van der Waals surface area contributed by atoms with Gasteiger partial charge in [-0.05, 0) is 61.7 Å². The Morgan fingerprint density at radius 3 is 2.38 bits per heavy atom. The second-order valence-corrected chi connectivity index (χ2v) is 7.84. The van der Waals surface area contributed by atoms with Crippen molar-refractivity contribution >= 4 is 27.5 Å². The molecule has 0 aliphatic carbocycles. The molecule has 3 aromatic carbocycles. The molecule has 1 atom stereocenters.